The average molecular weight is 255 g/mol. The first-order valence-corrected chi connectivity index (χ1v) is 6.64. The fourth-order valence-corrected chi connectivity index (χ4v) is 2.82. The molecule has 3 rings (SSSR count). The van der Waals surface area contributed by atoms with Crippen LogP contribution in [0.25, 0.3) is 11.0 Å². The van der Waals surface area contributed by atoms with Crippen LogP contribution >= 0.6 is 11.3 Å². The third-order valence-electron chi connectivity index (χ3n) is 3.09. The molecule has 0 radical (unpaired) electrons. The molecular formula is C14H13N3S. The van der Waals surface area contributed by atoms with E-state index in [0.29, 0.717) is 0 Å². The molecule has 4 heteroatoms. The van der Waals surface area contributed by atoms with Crippen molar-refractivity contribution in [1.82, 2.24) is 9.97 Å². The van der Waals surface area contributed by atoms with E-state index < -0.39 is 0 Å². The first kappa shape index (κ1) is 11.3. The molecule has 0 amide bonds. The van der Waals surface area contributed by atoms with Gasteiger partial charge in [-0.2, -0.15) is 0 Å². The summed E-state index contributed by atoms with van der Waals surface area (Å²) in [7, 11) is 0. The largest absolute Gasteiger partial charge is 0.320 e. The summed E-state index contributed by atoms with van der Waals surface area (Å²) in [6.07, 6.45) is 3.40. The van der Waals surface area contributed by atoms with Gasteiger partial charge in [-0.1, -0.05) is 6.07 Å². The van der Waals surface area contributed by atoms with Crippen molar-refractivity contribution in [2.45, 2.75) is 13.0 Å². The number of nitrogens with two attached hydrogens (primary N) is 1. The Hall–Kier alpha value is -1.78. The number of hydrogen-bond donors (Lipinski definition) is 1. The molecule has 1 atom stereocenters. The Morgan fingerprint density at radius 1 is 1.11 bits per heavy atom. The molecule has 0 aliphatic rings. The number of aromatic nitrogens is 2. The molecule has 0 fully saturated rings. The maximum atomic E-state index is 6.31. The van der Waals surface area contributed by atoms with Gasteiger partial charge in [0.1, 0.15) is 0 Å². The lowest BCUT2D eigenvalue weighted by Gasteiger charge is -2.12. The van der Waals surface area contributed by atoms with Crippen LogP contribution in [0.2, 0.25) is 0 Å². The smallest absolute Gasteiger partial charge is 0.0890 e. The van der Waals surface area contributed by atoms with Crippen molar-refractivity contribution in [3.63, 3.8) is 0 Å². The molecule has 0 saturated carbocycles. The SMILES string of the molecule is Cc1sccc1C(N)c1ccc2nccnc2c1. The zero-order valence-corrected chi connectivity index (χ0v) is 10.8. The van der Waals surface area contributed by atoms with Gasteiger partial charge in [0.2, 0.25) is 0 Å². The number of aryl methyl sites for hydroxylation is 1. The molecule has 3 nitrogen and oxygen atoms in total. The Labute approximate surface area is 109 Å². The van der Waals surface area contributed by atoms with Crippen LogP contribution in [0.4, 0.5) is 0 Å². The normalized spacial score (nSPS) is 12.8. The predicted molar refractivity (Wildman–Crippen MR) is 74.6 cm³/mol. The molecule has 2 N–H and O–H groups in total. The summed E-state index contributed by atoms with van der Waals surface area (Å²) in [4.78, 5) is 9.84. The Bertz CT molecular complexity index is 690. The molecule has 0 spiro atoms. The van der Waals surface area contributed by atoms with Gasteiger partial charge >= 0.3 is 0 Å². The van der Waals surface area contributed by atoms with Crippen molar-refractivity contribution >= 4 is 22.4 Å². The highest BCUT2D eigenvalue weighted by Gasteiger charge is 2.12. The van der Waals surface area contributed by atoms with Gasteiger partial charge in [0, 0.05) is 17.3 Å². The van der Waals surface area contributed by atoms with Gasteiger partial charge in [0.25, 0.3) is 0 Å². The minimum Gasteiger partial charge on any atom is -0.320 e. The summed E-state index contributed by atoms with van der Waals surface area (Å²) in [6.45, 7) is 2.10. The highest BCUT2D eigenvalue weighted by molar-refractivity contribution is 7.10. The molecule has 2 aromatic heterocycles. The zero-order valence-electron chi connectivity index (χ0n) is 10.00. The molecule has 3 aromatic rings. The van der Waals surface area contributed by atoms with Gasteiger partial charge in [-0.3, -0.25) is 9.97 Å². The number of hydrogen-bond acceptors (Lipinski definition) is 4. The van der Waals surface area contributed by atoms with Gasteiger partial charge in [-0.15, -0.1) is 11.3 Å². The number of thiophene rings is 1. The van der Waals surface area contributed by atoms with E-state index in [2.05, 4.69) is 28.3 Å². The summed E-state index contributed by atoms with van der Waals surface area (Å²) in [6, 6.07) is 8.01. The molecule has 2 heterocycles. The fourth-order valence-electron chi connectivity index (χ4n) is 2.07. The molecule has 90 valence electrons. The van der Waals surface area contributed by atoms with Crippen molar-refractivity contribution < 1.29 is 0 Å². The summed E-state index contributed by atoms with van der Waals surface area (Å²) in [5.74, 6) is 0. The number of rotatable bonds is 2. The third-order valence-corrected chi connectivity index (χ3v) is 3.95. The van der Waals surface area contributed by atoms with Gasteiger partial charge in [0.15, 0.2) is 0 Å². The van der Waals surface area contributed by atoms with Crippen molar-refractivity contribution in [3.05, 3.63) is 58.0 Å². The van der Waals surface area contributed by atoms with E-state index in [0.717, 1.165) is 16.6 Å². The van der Waals surface area contributed by atoms with Crippen LogP contribution < -0.4 is 5.73 Å². The predicted octanol–water partition coefficient (Wildman–Crippen LogP) is 3.05. The first-order chi connectivity index (χ1) is 8.75. The summed E-state index contributed by atoms with van der Waals surface area (Å²) >= 11 is 1.72. The lowest BCUT2D eigenvalue weighted by molar-refractivity contribution is 0.870. The molecule has 0 aliphatic carbocycles. The van der Waals surface area contributed by atoms with Crippen LogP contribution in [0, 0.1) is 6.92 Å². The number of nitrogens with zero attached hydrogens (tertiary/aromatic N) is 2. The minimum atomic E-state index is -0.0948. The van der Waals surface area contributed by atoms with Crippen LogP contribution in [-0.4, -0.2) is 9.97 Å². The van der Waals surface area contributed by atoms with E-state index in [1.165, 1.54) is 10.4 Å². The lowest BCUT2D eigenvalue weighted by atomic mass is 10.00. The minimum absolute atomic E-state index is 0.0948. The third kappa shape index (κ3) is 1.89. The molecule has 1 aromatic carbocycles. The van der Waals surface area contributed by atoms with E-state index >= 15 is 0 Å². The Balaban J connectivity index is 2.07. The monoisotopic (exact) mass is 255 g/mol. The zero-order chi connectivity index (χ0) is 12.5. The highest BCUT2D eigenvalue weighted by Crippen LogP contribution is 2.27. The van der Waals surface area contributed by atoms with Gasteiger partial charge in [0.05, 0.1) is 17.1 Å². The average Bonchev–Trinajstić information content (AvgIpc) is 2.83. The highest BCUT2D eigenvalue weighted by atomic mass is 32.1. The number of fused-ring (bicyclic) bond motifs is 1. The summed E-state index contributed by atoms with van der Waals surface area (Å²) in [5, 5.41) is 2.07. The number of benzene rings is 1. The van der Waals surface area contributed by atoms with Crippen molar-refractivity contribution in [3.8, 4) is 0 Å². The van der Waals surface area contributed by atoms with Crippen LogP contribution in [0.1, 0.15) is 22.0 Å². The van der Waals surface area contributed by atoms with E-state index in [9.17, 15) is 0 Å². The lowest BCUT2D eigenvalue weighted by Crippen LogP contribution is -2.11. The maximum Gasteiger partial charge on any atom is 0.0890 e. The van der Waals surface area contributed by atoms with Gasteiger partial charge < -0.3 is 5.73 Å². The molecule has 0 bridgehead atoms. The van der Waals surface area contributed by atoms with Crippen LogP contribution in [0.5, 0.6) is 0 Å². The molecule has 0 aliphatic heterocycles. The Kier molecular flexibility index (Phi) is 2.81. The van der Waals surface area contributed by atoms with E-state index in [4.69, 9.17) is 5.73 Å². The quantitative estimate of drug-likeness (QED) is 0.765. The van der Waals surface area contributed by atoms with Crippen molar-refractivity contribution in [1.29, 1.82) is 0 Å². The Morgan fingerprint density at radius 3 is 2.61 bits per heavy atom. The Morgan fingerprint density at radius 2 is 1.89 bits per heavy atom. The van der Waals surface area contributed by atoms with E-state index in [1.54, 1.807) is 23.7 Å². The van der Waals surface area contributed by atoms with Crippen LogP contribution in [0.15, 0.2) is 42.0 Å². The van der Waals surface area contributed by atoms with Gasteiger partial charge in [-0.25, -0.2) is 0 Å². The van der Waals surface area contributed by atoms with Gasteiger partial charge in [-0.05, 0) is 41.6 Å². The molecule has 0 saturated heterocycles. The summed E-state index contributed by atoms with van der Waals surface area (Å²) < 4.78 is 0. The second kappa shape index (κ2) is 4.48. The summed E-state index contributed by atoms with van der Waals surface area (Å²) in [5.41, 5.74) is 10.4. The first-order valence-electron chi connectivity index (χ1n) is 5.76. The maximum absolute atomic E-state index is 6.31. The van der Waals surface area contributed by atoms with Crippen LogP contribution in [0.3, 0.4) is 0 Å². The topological polar surface area (TPSA) is 51.8 Å². The standard InChI is InChI=1S/C14H13N3S/c1-9-11(4-7-18-9)14(15)10-2-3-12-13(8-10)17-6-5-16-12/h2-8,14H,15H2,1H3. The van der Waals surface area contributed by atoms with E-state index in [1.807, 2.05) is 18.2 Å². The van der Waals surface area contributed by atoms with E-state index in [-0.39, 0.29) is 6.04 Å². The molecule has 18 heavy (non-hydrogen) atoms. The second-order valence-electron chi connectivity index (χ2n) is 4.21. The second-order valence-corrected chi connectivity index (χ2v) is 5.33. The van der Waals surface area contributed by atoms with Crippen molar-refractivity contribution in [2.24, 2.45) is 5.73 Å². The molecule has 1 unspecified atom stereocenters. The fraction of sp³-hybridized carbons (Fsp3) is 0.143. The molecular weight excluding hydrogens is 242 g/mol. The van der Waals surface area contributed by atoms with Crippen LogP contribution in [-0.2, 0) is 0 Å². The van der Waals surface area contributed by atoms with Crippen molar-refractivity contribution in [2.75, 3.05) is 0 Å².